The second-order valence-electron chi connectivity index (χ2n) is 5.79. The molecule has 17 heavy (non-hydrogen) atoms. The molecule has 0 aromatic rings. The minimum Gasteiger partial charge on any atom is -0.380 e. The van der Waals surface area contributed by atoms with Gasteiger partial charge in [0.25, 0.3) is 0 Å². The third-order valence-corrected chi connectivity index (χ3v) is 3.34. The van der Waals surface area contributed by atoms with E-state index in [-0.39, 0.29) is 0 Å². The molecule has 0 saturated heterocycles. The lowest BCUT2D eigenvalue weighted by Crippen LogP contribution is -2.26. The van der Waals surface area contributed by atoms with Crippen molar-refractivity contribution >= 4 is 0 Å². The van der Waals surface area contributed by atoms with Gasteiger partial charge in [-0.2, -0.15) is 0 Å². The lowest BCUT2D eigenvalue weighted by atomic mass is 9.94. The van der Waals surface area contributed by atoms with Gasteiger partial charge in [0.15, 0.2) is 0 Å². The summed E-state index contributed by atoms with van der Waals surface area (Å²) in [6.45, 7) is 9.23. The molecule has 3 heteroatoms. The van der Waals surface area contributed by atoms with Crippen LogP contribution in [0.3, 0.4) is 0 Å². The maximum Gasteiger partial charge on any atom is 0.0591 e. The van der Waals surface area contributed by atoms with Crippen LogP contribution in [0.25, 0.3) is 0 Å². The van der Waals surface area contributed by atoms with Crippen molar-refractivity contribution in [1.29, 1.82) is 0 Å². The zero-order valence-corrected chi connectivity index (χ0v) is 11.6. The summed E-state index contributed by atoms with van der Waals surface area (Å²) >= 11 is 0. The molecule has 0 radical (unpaired) electrons. The Labute approximate surface area is 106 Å². The van der Waals surface area contributed by atoms with E-state index >= 15 is 0 Å². The SMILES string of the molecule is CC(C)CC(CN)CCNCCOCC1CC1. The van der Waals surface area contributed by atoms with Gasteiger partial charge in [-0.1, -0.05) is 13.8 Å². The van der Waals surface area contributed by atoms with E-state index in [0.717, 1.165) is 44.7 Å². The van der Waals surface area contributed by atoms with Crippen LogP contribution in [0.4, 0.5) is 0 Å². The van der Waals surface area contributed by atoms with Gasteiger partial charge in [-0.3, -0.25) is 0 Å². The smallest absolute Gasteiger partial charge is 0.0591 e. The van der Waals surface area contributed by atoms with Gasteiger partial charge >= 0.3 is 0 Å². The van der Waals surface area contributed by atoms with E-state index in [0.29, 0.717) is 5.92 Å². The second-order valence-corrected chi connectivity index (χ2v) is 5.79. The van der Waals surface area contributed by atoms with Crippen LogP contribution < -0.4 is 11.1 Å². The molecule has 1 aliphatic rings. The molecule has 1 fully saturated rings. The molecule has 1 rings (SSSR count). The van der Waals surface area contributed by atoms with E-state index in [2.05, 4.69) is 19.2 Å². The van der Waals surface area contributed by atoms with Crippen molar-refractivity contribution < 1.29 is 4.74 Å². The number of hydrogen-bond donors (Lipinski definition) is 2. The Bertz CT molecular complexity index is 181. The monoisotopic (exact) mass is 242 g/mol. The Kier molecular flexibility index (Phi) is 7.82. The molecule has 102 valence electrons. The van der Waals surface area contributed by atoms with E-state index in [4.69, 9.17) is 10.5 Å². The Hall–Kier alpha value is -0.120. The molecule has 0 aliphatic heterocycles. The van der Waals surface area contributed by atoms with Crippen molar-refractivity contribution in [2.75, 3.05) is 32.8 Å². The highest BCUT2D eigenvalue weighted by molar-refractivity contribution is 4.72. The van der Waals surface area contributed by atoms with Crippen LogP contribution in [0.5, 0.6) is 0 Å². The molecule has 0 amide bonds. The number of nitrogens with two attached hydrogens (primary N) is 1. The molecule has 0 bridgehead atoms. The summed E-state index contributed by atoms with van der Waals surface area (Å²) in [5.74, 6) is 2.31. The number of ether oxygens (including phenoxy) is 1. The fraction of sp³-hybridized carbons (Fsp3) is 1.00. The minimum atomic E-state index is 0.676. The van der Waals surface area contributed by atoms with Gasteiger partial charge in [-0.05, 0) is 56.5 Å². The third-order valence-electron chi connectivity index (χ3n) is 3.34. The average molecular weight is 242 g/mol. The van der Waals surface area contributed by atoms with Crippen LogP contribution >= 0.6 is 0 Å². The fourth-order valence-corrected chi connectivity index (χ4v) is 2.11. The summed E-state index contributed by atoms with van der Waals surface area (Å²) in [6, 6.07) is 0. The first-order valence-corrected chi connectivity index (χ1v) is 7.21. The van der Waals surface area contributed by atoms with Crippen molar-refractivity contribution in [3.63, 3.8) is 0 Å². The standard InChI is InChI=1S/C14H30N2O/c1-12(2)9-14(10-15)5-6-16-7-8-17-11-13-3-4-13/h12-14,16H,3-11,15H2,1-2H3. The van der Waals surface area contributed by atoms with Gasteiger partial charge in [0.1, 0.15) is 0 Å². The molecule has 0 aromatic carbocycles. The van der Waals surface area contributed by atoms with E-state index in [1.54, 1.807) is 0 Å². The Morgan fingerprint density at radius 3 is 2.65 bits per heavy atom. The summed E-state index contributed by atoms with van der Waals surface area (Å²) in [7, 11) is 0. The van der Waals surface area contributed by atoms with Crippen LogP contribution in [-0.2, 0) is 4.74 Å². The molecule has 0 aromatic heterocycles. The molecule has 1 saturated carbocycles. The van der Waals surface area contributed by atoms with Gasteiger partial charge < -0.3 is 15.8 Å². The topological polar surface area (TPSA) is 47.3 Å². The Morgan fingerprint density at radius 1 is 1.29 bits per heavy atom. The first kappa shape index (κ1) is 14.9. The van der Waals surface area contributed by atoms with Crippen molar-refractivity contribution in [1.82, 2.24) is 5.32 Å². The zero-order chi connectivity index (χ0) is 12.5. The third kappa shape index (κ3) is 8.58. The molecular weight excluding hydrogens is 212 g/mol. The normalized spacial score (nSPS) is 17.6. The first-order valence-electron chi connectivity index (χ1n) is 7.21. The number of hydrogen-bond acceptors (Lipinski definition) is 3. The molecule has 1 unspecified atom stereocenters. The molecule has 0 spiro atoms. The van der Waals surface area contributed by atoms with Gasteiger partial charge in [-0.25, -0.2) is 0 Å². The van der Waals surface area contributed by atoms with Gasteiger partial charge in [0, 0.05) is 13.2 Å². The first-order chi connectivity index (χ1) is 8.22. The molecule has 3 nitrogen and oxygen atoms in total. The van der Waals surface area contributed by atoms with Crippen molar-refractivity contribution in [3.05, 3.63) is 0 Å². The summed E-state index contributed by atoms with van der Waals surface area (Å²) in [5.41, 5.74) is 5.77. The molecule has 0 heterocycles. The van der Waals surface area contributed by atoms with Crippen molar-refractivity contribution in [2.45, 2.75) is 39.5 Å². The highest BCUT2D eigenvalue weighted by Gasteiger charge is 2.20. The predicted molar refractivity (Wildman–Crippen MR) is 73.0 cm³/mol. The van der Waals surface area contributed by atoms with E-state index in [9.17, 15) is 0 Å². The van der Waals surface area contributed by atoms with Crippen LogP contribution in [0.15, 0.2) is 0 Å². The van der Waals surface area contributed by atoms with Gasteiger partial charge in [-0.15, -0.1) is 0 Å². The lowest BCUT2D eigenvalue weighted by molar-refractivity contribution is 0.126. The van der Waals surface area contributed by atoms with Gasteiger partial charge in [0.05, 0.1) is 6.61 Å². The highest BCUT2D eigenvalue weighted by atomic mass is 16.5. The van der Waals surface area contributed by atoms with Crippen molar-refractivity contribution in [3.8, 4) is 0 Å². The molecule has 3 N–H and O–H groups in total. The largest absolute Gasteiger partial charge is 0.380 e. The fourth-order valence-electron chi connectivity index (χ4n) is 2.11. The van der Waals surface area contributed by atoms with Crippen LogP contribution in [0.1, 0.15) is 39.5 Å². The van der Waals surface area contributed by atoms with E-state index < -0.39 is 0 Å². The summed E-state index contributed by atoms with van der Waals surface area (Å²) in [5, 5.41) is 3.44. The molecule has 1 atom stereocenters. The minimum absolute atomic E-state index is 0.676. The average Bonchev–Trinajstić information content (AvgIpc) is 3.09. The quantitative estimate of drug-likeness (QED) is 0.545. The second kappa shape index (κ2) is 8.90. The lowest BCUT2D eigenvalue weighted by Gasteiger charge is -2.17. The van der Waals surface area contributed by atoms with Crippen LogP contribution in [0, 0.1) is 17.8 Å². The maximum atomic E-state index is 5.77. The molecule has 1 aliphatic carbocycles. The highest BCUT2D eigenvalue weighted by Crippen LogP contribution is 2.28. The summed E-state index contributed by atoms with van der Waals surface area (Å²) < 4.78 is 5.57. The van der Waals surface area contributed by atoms with Crippen LogP contribution in [0.2, 0.25) is 0 Å². The molecular formula is C14H30N2O. The van der Waals surface area contributed by atoms with Crippen LogP contribution in [-0.4, -0.2) is 32.8 Å². The number of nitrogens with one attached hydrogen (secondary N) is 1. The summed E-state index contributed by atoms with van der Waals surface area (Å²) in [4.78, 5) is 0. The van der Waals surface area contributed by atoms with Crippen molar-refractivity contribution in [2.24, 2.45) is 23.5 Å². The predicted octanol–water partition coefficient (Wildman–Crippen LogP) is 2.01. The van der Waals surface area contributed by atoms with E-state index in [1.165, 1.54) is 25.7 Å². The van der Waals surface area contributed by atoms with E-state index in [1.807, 2.05) is 0 Å². The number of rotatable bonds is 11. The summed E-state index contributed by atoms with van der Waals surface area (Å²) in [6.07, 6.45) is 5.19. The maximum absolute atomic E-state index is 5.77. The Morgan fingerprint density at radius 2 is 2.06 bits per heavy atom. The van der Waals surface area contributed by atoms with Gasteiger partial charge in [0.2, 0.25) is 0 Å². The zero-order valence-electron chi connectivity index (χ0n) is 11.6. The Balaban J connectivity index is 1.83.